The van der Waals surface area contributed by atoms with Crippen LogP contribution >= 0.6 is 11.6 Å². The van der Waals surface area contributed by atoms with Crippen molar-refractivity contribution in [1.29, 1.82) is 0 Å². The van der Waals surface area contributed by atoms with Crippen molar-refractivity contribution < 1.29 is 8.42 Å². The van der Waals surface area contributed by atoms with E-state index in [1.54, 1.807) is 14.1 Å². The first-order valence-electron chi connectivity index (χ1n) is 6.93. The van der Waals surface area contributed by atoms with Crippen LogP contribution in [0.1, 0.15) is 11.1 Å². The number of rotatable bonds is 3. The summed E-state index contributed by atoms with van der Waals surface area (Å²) < 4.78 is 27.0. The molecule has 0 aliphatic carbocycles. The fraction of sp³-hybridized carbons (Fsp3) is 0.571. The molecule has 1 aliphatic heterocycles. The van der Waals surface area contributed by atoms with Crippen molar-refractivity contribution >= 4 is 27.5 Å². The first-order valence-corrected chi connectivity index (χ1v) is 8.70. The van der Waals surface area contributed by atoms with Crippen LogP contribution in [0.25, 0.3) is 0 Å². The van der Waals surface area contributed by atoms with Crippen LogP contribution < -0.4 is 4.90 Å². The lowest BCUT2D eigenvalue weighted by Crippen LogP contribution is -2.51. The van der Waals surface area contributed by atoms with E-state index in [0.717, 1.165) is 21.8 Å². The summed E-state index contributed by atoms with van der Waals surface area (Å²) in [5.74, 6) is 0. The summed E-state index contributed by atoms with van der Waals surface area (Å²) in [7, 11) is -0.209. The lowest BCUT2D eigenvalue weighted by Gasteiger charge is -2.37. The van der Waals surface area contributed by atoms with Gasteiger partial charge in [-0.15, -0.1) is 0 Å². The fourth-order valence-corrected chi connectivity index (χ4v) is 4.21. The number of nitrogens with zero attached hydrogens (tertiary/aromatic N) is 3. The summed E-state index contributed by atoms with van der Waals surface area (Å²) in [5, 5.41) is 0.733. The van der Waals surface area contributed by atoms with Gasteiger partial charge in [0.25, 0.3) is 10.2 Å². The van der Waals surface area contributed by atoms with Crippen LogP contribution in [0.3, 0.4) is 0 Å². The van der Waals surface area contributed by atoms with E-state index in [1.807, 2.05) is 19.9 Å². The second-order valence-corrected chi connectivity index (χ2v) is 8.14. The summed E-state index contributed by atoms with van der Waals surface area (Å²) in [6.07, 6.45) is 0. The van der Waals surface area contributed by atoms with Crippen molar-refractivity contribution in [1.82, 2.24) is 8.61 Å². The molecule has 1 aromatic carbocycles. The molecular formula is C14H22ClN3O2S. The highest BCUT2D eigenvalue weighted by atomic mass is 35.5. The van der Waals surface area contributed by atoms with E-state index in [4.69, 9.17) is 11.6 Å². The highest BCUT2D eigenvalue weighted by Gasteiger charge is 2.29. The van der Waals surface area contributed by atoms with Gasteiger partial charge in [-0.2, -0.15) is 17.0 Å². The molecule has 0 spiro atoms. The quantitative estimate of drug-likeness (QED) is 0.849. The Kier molecular flexibility index (Phi) is 4.82. The Morgan fingerprint density at radius 3 is 2.14 bits per heavy atom. The molecule has 0 atom stereocenters. The largest absolute Gasteiger partial charge is 0.367 e. The lowest BCUT2D eigenvalue weighted by molar-refractivity contribution is 0.355. The van der Waals surface area contributed by atoms with Gasteiger partial charge in [0, 0.05) is 40.3 Å². The van der Waals surface area contributed by atoms with Crippen molar-refractivity contribution in [3.63, 3.8) is 0 Å². The molecular weight excluding hydrogens is 310 g/mol. The third-order valence-corrected chi connectivity index (χ3v) is 5.97. The molecule has 0 saturated carbocycles. The average molecular weight is 332 g/mol. The van der Waals surface area contributed by atoms with Gasteiger partial charge in [0.15, 0.2) is 0 Å². The Morgan fingerprint density at radius 1 is 1.10 bits per heavy atom. The van der Waals surface area contributed by atoms with E-state index in [-0.39, 0.29) is 0 Å². The summed E-state index contributed by atoms with van der Waals surface area (Å²) in [5.41, 5.74) is 3.28. The van der Waals surface area contributed by atoms with Crippen molar-refractivity contribution in [2.24, 2.45) is 0 Å². The van der Waals surface area contributed by atoms with Gasteiger partial charge in [0.1, 0.15) is 0 Å². The number of anilines is 1. The monoisotopic (exact) mass is 331 g/mol. The van der Waals surface area contributed by atoms with E-state index >= 15 is 0 Å². The standard InChI is InChI=1S/C14H22ClN3O2S/c1-11-9-12(2)14(13(15)10-11)17-5-7-18(8-6-17)21(19,20)16(3)4/h9-10H,5-8H2,1-4H3. The minimum Gasteiger partial charge on any atom is -0.367 e. The molecule has 0 amide bonds. The van der Waals surface area contributed by atoms with Crippen LogP contribution in [0.15, 0.2) is 12.1 Å². The maximum absolute atomic E-state index is 12.1. The van der Waals surface area contributed by atoms with Gasteiger partial charge < -0.3 is 4.90 Å². The Bertz CT molecular complexity index is 600. The molecule has 1 fully saturated rings. The predicted octanol–water partition coefficient (Wildman–Crippen LogP) is 1.89. The summed E-state index contributed by atoms with van der Waals surface area (Å²) >= 11 is 6.36. The Labute approximate surface area is 132 Å². The van der Waals surface area contributed by atoms with Gasteiger partial charge in [-0.25, -0.2) is 0 Å². The zero-order chi connectivity index (χ0) is 15.8. The predicted molar refractivity (Wildman–Crippen MR) is 87.3 cm³/mol. The Balaban J connectivity index is 2.16. The number of hydrogen-bond acceptors (Lipinski definition) is 3. The van der Waals surface area contributed by atoms with Gasteiger partial charge >= 0.3 is 0 Å². The molecule has 2 rings (SSSR count). The number of benzene rings is 1. The van der Waals surface area contributed by atoms with Crippen LogP contribution in [0.2, 0.25) is 5.02 Å². The van der Waals surface area contributed by atoms with Gasteiger partial charge in [0.05, 0.1) is 10.7 Å². The highest BCUT2D eigenvalue weighted by molar-refractivity contribution is 7.86. The zero-order valence-corrected chi connectivity index (χ0v) is 14.5. The van der Waals surface area contributed by atoms with Crippen molar-refractivity contribution in [3.05, 3.63) is 28.3 Å². The van der Waals surface area contributed by atoms with Crippen LogP contribution in [0, 0.1) is 13.8 Å². The van der Waals surface area contributed by atoms with Crippen LogP contribution in [-0.2, 0) is 10.2 Å². The maximum Gasteiger partial charge on any atom is 0.281 e. The lowest BCUT2D eigenvalue weighted by atomic mass is 10.1. The number of halogens is 1. The Morgan fingerprint density at radius 2 is 1.67 bits per heavy atom. The van der Waals surface area contributed by atoms with Crippen molar-refractivity contribution in [3.8, 4) is 0 Å². The Hall–Kier alpha value is -0.820. The van der Waals surface area contributed by atoms with Gasteiger partial charge in [-0.1, -0.05) is 17.7 Å². The molecule has 21 heavy (non-hydrogen) atoms. The van der Waals surface area contributed by atoms with Gasteiger partial charge in [-0.05, 0) is 31.0 Å². The molecule has 0 N–H and O–H groups in total. The van der Waals surface area contributed by atoms with Crippen molar-refractivity contribution in [2.75, 3.05) is 45.2 Å². The first-order chi connectivity index (χ1) is 9.73. The third-order valence-electron chi connectivity index (χ3n) is 3.74. The molecule has 1 aliphatic rings. The van der Waals surface area contributed by atoms with E-state index in [9.17, 15) is 8.42 Å². The second-order valence-electron chi connectivity index (χ2n) is 5.59. The third kappa shape index (κ3) is 3.34. The summed E-state index contributed by atoms with van der Waals surface area (Å²) in [6, 6.07) is 4.05. The number of aryl methyl sites for hydroxylation is 2. The van der Waals surface area contributed by atoms with E-state index in [0.29, 0.717) is 26.2 Å². The molecule has 1 saturated heterocycles. The minimum atomic E-state index is -3.33. The smallest absolute Gasteiger partial charge is 0.281 e. The first kappa shape index (κ1) is 16.5. The van der Waals surface area contributed by atoms with Crippen molar-refractivity contribution in [2.45, 2.75) is 13.8 Å². The van der Waals surface area contributed by atoms with E-state index in [1.165, 1.54) is 8.61 Å². The molecule has 5 nitrogen and oxygen atoms in total. The van der Waals surface area contributed by atoms with Gasteiger partial charge in [0.2, 0.25) is 0 Å². The maximum atomic E-state index is 12.1. The molecule has 0 radical (unpaired) electrons. The van der Waals surface area contributed by atoms with Crippen LogP contribution in [-0.4, -0.2) is 57.3 Å². The summed E-state index contributed by atoms with van der Waals surface area (Å²) in [6.45, 7) is 6.31. The van der Waals surface area contributed by atoms with Crippen LogP contribution in [0.5, 0.6) is 0 Å². The molecule has 0 unspecified atom stereocenters. The van der Waals surface area contributed by atoms with Gasteiger partial charge in [-0.3, -0.25) is 0 Å². The fourth-order valence-electron chi connectivity index (χ4n) is 2.68. The zero-order valence-electron chi connectivity index (χ0n) is 12.9. The summed E-state index contributed by atoms with van der Waals surface area (Å²) in [4.78, 5) is 2.17. The minimum absolute atomic E-state index is 0.476. The average Bonchev–Trinajstić information content (AvgIpc) is 2.38. The highest BCUT2D eigenvalue weighted by Crippen LogP contribution is 2.31. The number of hydrogen-bond donors (Lipinski definition) is 0. The number of piperazine rings is 1. The molecule has 1 heterocycles. The van der Waals surface area contributed by atoms with E-state index < -0.39 is 10.2 Å². The molecule has 7 heteroatoms. The molecule has 0 aromatic heterocycles. The van der Waals surface area contributed by atoms with E-state index in [2.05, 4.69) is 11.0 Å². The molecule has 1 aromatic rings. The topological polar surface area (TPSA) is 43.9 Å². The molecule has 118 valence electrons. The second kappa shape index (κ2) is 6.12. The van der Waals surface area contributed by atoms with Crippen LogP contribution in [0.4, 0.5) is 5.69 Å². The normalized spacial score (nSPS) is 17.5. The SMILES string of the molecule is Cc1cc(C)c(N2CCN(S(=O)(=O)N(C)C)CC2)c(Cl)c1. The molecule has 0 bridgehead atoms.